The molecule has 12 atom stereocenters. The van der Waals surface area contributed by atoms with E-state index in [0.29, 0.717) is 55.0 Å². The van der Waals surface area contributed by atoms with E-state index in [1.807, 2.05) is 0 Å². The van der Waals surface area contributed by atoms with E-state index in [9.17, 15) is 4.79 Å². The number of nitrogens with one attached hydrogen (secondary N) is 2. The molecule has 0 aromatic carbocycles. The predicted octanol–water partition coefficient (Wildman–Crippen LogP) is 13.2. The molecule has 10 aliphatic carbocycles. The van der Waals surface area contributed by atoms with Gasteiger partial charge in [-0.2, -0.15) is 0 Å². The van der Waals surface area contributed by atoms with Crippen molar-refractivity contribution in [2.24, 2.45) is 93.7 Å². The van der Waals surface area contributed by atoms with Gasteiger partial charge in [-0.25, -0.2) is 0 Å². The number of hydrogen-bond acceptors (Lipinski definition) is 5. The number of carbonyl (C=O) groups excluding carboxylic acids is 1. The molecular formula is C55H96N4O. The maximum atomic E-state index is 11.6. The summed E-state index contributed by atoms with van der Waals surface area (Å²) in [6.45, 7) is 40.7. The number of fused-ring (bicyclic) bond motifs is 10. The van der Waals surface area contributed by atoms with Gasteiger partial charge in [0.15, 0.2) is 0 Å². The predicted molar refractivity (Wildman–Crippen MR) is 256 cm³/mol. The zero-order valence-electron chi connectivity index (χ0n) is 41.3. The highest BCUT2D eigenvalue weighted by molar-refractivity contribution is 5.95. The van der Waals surface area contributed by atoms with Crippen molar-refractivity contribution in [1.29, 1.82) is 0 Å². The van der Waals surface area contributed by atoms with E-state index < -0.39 is 0 Å². The largest absolute Gasteiger partial charge is 0.312 e. The van der Waals surface area contributed by atoms with Crippen LogP contribution in [0.1, 0.15) is 208 Å². The molecule has 0 heterocycles. The maximum Gasteiger partial charge on any atom is 0.139 e. The molecule has 10 rings (SSSR count). The second-order valence-electron chi connectivity index (χ2n) is 26.8. The molecule has 0 aliphatic heterocycles. The summed E-state index contributed by atoms with van der Waals surface area (Å²) in [6, 6.07) is 1.47. The molecule has 2 N–H and O–H groups in total. The number of hydrogen-bond donors (Lipinski definition) is 2. The highest BCUT2D eigenvalue weighted by Gasteiger charge is 2.64. The molecule has 0 aromatic heterocycles. The molecule has 10 aliphatic rings. The number of carbonyl (C=O) groups is 1. The van der Waals surface area contributed by atoms with Gasteiger partial charge >= 0.3 is 0 Å². The fourth-order valence-electron chi connectivity index (χ4n) is 17.1. The van der Waals surface area contributed by atoms with Gasteiger partial charge in [-0.3, -0.25) is 14.8 Å². The molecule has 5 nitrogen and oxygen atoms in total. The van der Waals surface area contributed by atoms with E-state index in [2.05, 4.69) is 114 Å². The molecule has 0 radical (unpaired) electrons. The fourth-order valence-corrected chi connectivity index (χ4v) is 17.1. The van der Waals surface area contributed by atoms with Crippen LogP contribution in [-0.4, -0.2) is 55.5 Å². The number of ketones is 1. The minimum Gasteiger partial charge on any atom is -0.312 e. The summed E-state index contributed by atoms with van der Waals surface area (Å²) in [5.41, 5.74) is 6.99. The molecule has 10 saturated carbocycles. The summed E-state index contributed by atoms with van der Waals surface area (Å²) >= 11 is 0. The number of aliphatic imine (C=N–C) groups is 2. The molecule has 342 valence electrons. The molecule has 0 saturated heterocycles. The molecule has 0 spiro atoms. The third kappa shape index (κ3) is 6.32. The first-order valence-electron chi connectivity index (χ1n) is 25.3. The average molecular weight is 829 g/mol. The van der Waals surface area contributed by atoms with Crippen molar-refractivity contribution < 1.29 is 4.79 Å². The second kappa shape index (κ2) is 15.0. The Labute approximate surface area is 370 Å². The van der Waals surface area contributed by atoms with Gasteiger partial charge in [-0.1, -0.05) is 111 Å². The van der Waals surface area contributed by atoms with E-state index in [4.69, 9.17) is 9.98 Å². The Morgan fingerprint density at radius 3 is 1.00 bits per heavy atom. The molecule has 0 amide bonds. The Morgan fingerprint density at radius 1 is 0.450 bits per heavy atom. The van der Waals surface area contributed by atoms with Gasteiger partial charge in [-0.15, -0.1) is 0 Å². The van der Waals surface area contributed by atoms with Crippen LogP contribution in [0.15, 0.2) is 9.98 Å². The summed E-state index contributed by atoms with van der Waals surface area (Å²) in [5, 5.41) is 7.90. The molecule has 0 aromatic rings. The third-order valence-electron chi connectivity index (χ3n) is 24.7. The summed E-state index contributed by atoms with van der Waals surface area (Å²) in [4.78, 5) is 21.7. The van der Waals surface area contributed by atoms with Crippen LogP contribution in [0.2, 0.25) is 0 Å². The number of Topliss-reactive ketones (excluding diaryl/α,β-unsaturated/α-hetero) is 1. The quantitative estimate of drug-likeness (QED) is 0.240. The molecule has 10 bridgehead atoms. The van der Waals surface area contributed by atoms with Crippen molar-refractivity contribution in [2.75, 3.05) is 26.2 Å². The SMILES string of the molecule is C.CC1(C)C2CCC1(C)C(NCCNC1CC3CCC1(C)C3(C)C)C2.CC12CCC(CC1=NCCN=C1CC3CCC1(C)C3(C)C)C2(C)C.CC12CCC(CC1=O)C2(C)C. The lowest BCUT2D eigenvalue weighted by molar-refractivity contribution is -0.128. The first-order valence-corrected chi connectivity index (χ1v) is 25.3. The van der Waals surface area contributed by atoms with Gasteiger partial charge in [0.25, 0.3) is 0 Å². The lowest BCUT2D eigenvalue weighted by Crippen LogP contribution is -2.49. The van der Waals surface area contributed by atoms with Crippen molar-refractivity contribution in [1.82, 2.24) is 10.6 Å². The van der Waals surface area contributed by atoms with E-state index >= 15 is 0 Å². The van der Waals surface area contributed by atoms with Crippen LogP contribution in [0.25, 0.3) is 0 Å². The van der Waals surface area contributed by atoms with E-state index in [-0.39, 0.29) is 18.3 Å². The third-order valence-corrected chi connectivity index (χ3v) is 24.7. The lowest BCUT2D eigenvalue weighted by Gasteiger charge is -2.41. The molecule has 10 fully saturated rings. The highest BCUT2D eigenvalue weighted by atomic mass is 16.1. The second-order valence-corrected chi connectivity index (χ2v) is 26.8. The normalized spacial score (nSPS) is 48.1. The summed E-state index contributed by atoms with van der Waals surface area (Å²) < 4.78 is 0. The van der Waals surface area contributed by atoms with Gasteiger partial charge in [0.1, 0.15) is 5.78 Å². The van der Waals surface area contributed by atoms with Gasteiger partial charge < -0.3 is 10.6 Å². The molecular weight excluding hydrogens is 733 g/mol. The number of rotatable bonds is 8. The fraction of sp³-hybridized carbons (Fsp3) is 0.945. The van der Waals surface area contributed by atoms with E-state index in [0.717, 1.165) is 74.8 Å². The van der Waals surface area contributed by atoms with Crippen molar-refractivity contribution in [3.63, 3.8) is 0 Å². The van der Waals surface area contributed by atoms with Gasteiger partial charge in [0.05, 0.1) is 13.1 Å². The Balaban J connectivity index is 0.000000144. The zero-order valence-corrected chi connectivity index (χ0v) is 41.3. The van der Waals surface area contributed by atoms with Crippen LogP contribution in [0, 0.1) is 83.7 Å². The van der Waals surface area contributed by atoms with Gasteiger partial charge in [0.2, 0.25) is 0 Å². The van der Waals surface area contributed by atoms with Crippen LogP contribution >= 0.6 is 0 Å². The van der Waals surface area contributed by atoms with E-state index in [1.54, 1.807) is 0 Å². The first-order chi connectivity index (χ1) is 27.2. The Bertz CT molecular complexity index is 1620. The smallest absolute Gasteiger partial charge is 0.139 e. The maximum absolute atomic E-state index is 11.6. The van der Waals surface area contributed by atoms with Crippen LogP contribution in [0.5, 0.6) is 0 Å². The highest BCUT2D eigenvalue weighted by Crippen LogP contribution is 2.68. The Morgan fingerprint density at radius 2 is 0.783 bits per heavy atom. The Kier molecular flexibility index (Phi) is 11.7. The lowest BCUT2D eigenvalue weighted by atomic mass is 9.69. The van der Waals surface area contributed by atoms with Crippen LogP contribution < -0.4 is 10.6 Å². The van der Waals surface area contributed by atoms with Crippen LogP contribution in [0.4, 0.5) is 0 Å². The minimum atomic E-state index is 0. The Hall–Kier alpha value is -1.07. The molecule has 12 unspecified atom stereocenters. The van der Waals surface area contributed by atoms with Crippen LogP contribution in [-0.2, 0) is 4.79 Å². The van der Waals surface area contributed by atoms with Crippen molar-refractivity contribution in [3.8, 4) is 0 Å². The van der Waals surface area contributed by atoms with Crippen molar-refractivity contribution >= 4 is 17.2 Å². The van der Waals surface area contributed by atoms with Gasteiger partial charge in [0, 0.05) is 59.3 Å². The average Bonchev–Trinajstić information content (AvgIpc) is 3.97. The first kappa shape index (κ1) is 46.9. The van der Waals surface area contributed by atoms with Crippen LogP contribution in [0.3, 0.4) is 0 Å². The standard InChI is InChI=1S/C22H40N2.C22H36N2.C10H16O.CH4/c2*1-19(2)15-7-9-21(19,5)17(13-15)23-11-12-24-18-14-16-8-10-22(18,6)20(16,3)4;1-9(2)7-4-5-10(9,3)8(11)6-7;/h15-18,23-24H,7-14H2,1-6H3;15-16H,7-14H2,1-6H3;7H,4-6H2,1-3H3;1H4. The number of nitrogens with zero attached hydrogens (tertiary/aromatic N) is 2. The summed E-state index contributed by atoms with van der Waals surface area (Å²) in [5.74, 6) is 4.80. The van der Waals surface area contributed by atoms with E-state index in [1.165, 1.54) is 94.9 Å². The van der Waals surface area contributed by atoms with Gasteiger partial charge in [-0.05, 0) is 157 Å². The molecule has 60 heavy (non-hydrogen) atoms. The minimum absolute atomic E-state index is 0. The summed E-state index contributed by atoms with van der Waals surface area (Å²) in [7, 11) is 0. The topological polar surface area (TPSA) is 65.8 Å². The zero-order chi connectivity index (χ0) is 43.0. The van der Waals surface area contributed by atoms with Crippen molar-refractivity contribution in [3.05, 3.63) is 0 Å². The molecule has 5 heteroatoms. The monoisotopic (exact) mass is 829 g/mol. The van der Waals surface area contributed by atoms with Crippen molar-refractivity contribution in [2.45, 2.75) is 220 Å². The summed E-state index contributed by atoms with van der Waals surface area (Å²) in [6.07, 6.45) is 19.8.